The van der Waals surface area contributed by atoms with Crippen molar-refractivity contribution in [3.63, 3.8) is 0 Å². The summed E-state index contributed by atoms with van der Waals surface area (Å²) in [7, 11) is 0. The number of carboxylic acids is 1. The first-order valence-corrected chi connectivity index (χ1v) is 17.3. The number of aliphatic imine (C=N–C) groups is 3. The monoisotopic (exact) mass is 638 g/mol. The number of carboxylic acid groups (broad SMARTS) is 1. The lowest BCUT2D eigenvalue weighted by Crippen LogP contribution is -2.15. The molecule has 0 spiro atoms. The largest absolute Gasteiger partial charge is 0.511 e. The van der Waals surface area contributed by atoms with Crippen LogP contribution in [0.4, 0.5) is 0 Å². The van der Waals surface area contributed by atoms with E-state index in [1.807, 2.05) is 13.0 Å². The summed E-state index contributed by atoms with van der Waals surface area (Å²) in [6.07, 6.45) is 12.5. The smallest absolute Gasteiger partial charge is 0.303 e. The van der Waals surface area contributed by atoms with Gasteiger partial charge < -0.3 is 20.3 Å². The van der Waals surface area contributed by atoms with E-state index in [1.54, 1.807) is 0 Å². The van der Waals surface area contributed by atoms with Crippen molar-refractivity contribution in [3.8, 4) is 0 Å². The van der Waals surface area contributed by atoms with Gasteiger partial charge in [0.15, 0.2) is 0 Å². The quantitative estimate of drug-likeness (QED) is 0.196. The van der Waals surface area contributed by atoms with Crippen molar-refractivity contribution < 1.29 is 19.7 Å². The number of carbonyl (C=O) groups is 1. The number of nitrogens with zero attached hydrogens (tertiary/aromatic N) is 3. The van der Waals surface area contributed by atoms with Crippen LogP contribution >= 0.6 is 0 Å². The topological polar surface area (TPSA) is 116 Å². The Kier molecular flexibility index (Phi) is 9.25. The van der Waals surface area contributed by atoms with Gasteiger partial charge in [0, 0.05) is 59.4 Å². The van der Waals surface area contributed by atoms with Crippen molar-refractivity contribution in [1.29, 1.82) is 0 Å². The van der Waals surface area contributed by atoms with E-state index in [4.69, 9.17) is 19.7 Å². The molecule has 0 aromatic carbocycles. The second kappa shape index (κ2) is 13.2. The first kappa shape index (κ1) is 32.9. The predicted molar refractivity (Wildman–Crippen MR) is 188 cm³/mol. The lowest BCUT2D eigenvalue weighted by Gasteiger charge is -2.17. The zero-order valence-electron chi connectivity index (χ0n) is 28.9. The number of fused-ring (bicyclic) bond motifs is 5. The maximum atomic E-state index is 11.7. The fraction of sp³-hybridized carbons (Fsp3) is 0.487. The molecule has 5 aliphatic heterocycles. The number of unbranched alkanes of at least 4 members (excludes halogenated alkanes) is 3. The van der Waals surface area contributed by atoms with Gasteiger partial charge in [-0.1, -0.05) is 40.0 Å². The maximum absolute atomic E-state index is 11.7. The molecule has 3 atom stereocenters. The summed E-state index contributed by atoms with van der Waals surface area (Å²) in [5.41, 5.74) is 14.1. The Hall–Kier alpha value is -4.04. The Labute approximate surface area is 278 Å². The highest BCUT2D eigenvalue weighted by atomic mass is 16.7. The van der Waals surface area contributed by atoms with Crippen LogP contribution in [0.5, 0.6) is 0 Å². The molecule has 0 saturated carbocycles. The fourth-order valence-electron chi connectivity index (χ4n) is 7.79. The van der Waals surface area contributed by atoms with E-state index in [-0.39, 0.29) is 24.4 Å². The maximum Gasteiger partial charge on any atom is 0.303 e. The van der Waals surface area contributed by atoms with Gasteiger partial charge in [0.1, 0.15) is 5.76 Å². The number of hydrogen-bond acceptors (Lipinski definition) is 7. The Morgan fingerprint density at radius 1 is 1.04 bits per heavy atom. The molecule has 6 aliphatic rings. The van der Waals surface area contributed by atoms with E-state index in [1.165, 1.54) is 18.4 Å². The van der Waals surface area contributed by atoms with Gasteiger partial charge >= 0.3 is 5.97 Å². The lowest BCUT2D eigenvalue weighted by atomic mass is 9.86. The molecular weight excluding hydrogens is 590 g/mol. The summed E-state index contributed by atoms with van der Waals surface area (Å²) in [5, 5.41) is 24.6. The molecule has 1 aliphatic carbocycles. The van der Waals surface area contributed by atoms with Crippen LogP contribution in [-0.4, -0.2) is 46.0 Å². The SMILES string of the molecule is CCCCC[14CH2]OC(C)C1=C(C)C2=NC1=CC1=NC(=CC3=C(C)C4=C(O)CC(=C5NC(=C2)[C@@H](C)[C@@H]5CCC(=O)O)C4=N3)C(CC)=C1C. The molecule has 3 N–H and O–H groups in total. The molecule has 0 aromatic rings. The third kappa shape index (κ3) is 5.97. The van der Waals surface area contributed by atoms with E-state index in [0.29, 0.717) is 25.2 Å². The molecule has 248 valence electrons. The third-order valence-electron chi connectivity index (χ3n) is 10.5. The Bertz CT molecular complexity index is 1770. The third-order valence-corrected chi connectivity index (χ3v) is 10.5. The number of nitrogens with one attached hydrogen (secondary N) is 1. The minimum atomic E-state index is -0.816. The summed E-state index contributed by atoms with van der Waals surface area (Å²) in [4.78, 5) is 27.2. The molecular formula is C39H48N4O4. The van der Waals surface area contributed by atoms with E-state index in [0.717, 1.165) is 98.3 Å². The molecule has 8 bridgehead atoms. The zero-order chi connectivity index (χ0) is 33.6. The number of rotatable bonds is 11. The van der Waals surface area contributed by atoms with Crippen LogP contribution in [-0.2, 0) is 9.53 Å². The van der Waals surface area contributed by atoms with Crippen LogP contribution in [0.2, 0.25) is 0 Å². The van der Waals surface area contributed by atoms with Crippen LogP contribution in [0.15, 0.2) is 106 Å². The van der Waals surface area contributed by atoms with Gasteiger partial charge in [-0.15, -0.1) is 0 Å². The number of hydrogen-bond donors (Lipinski definition) is 3. The molecule has 8 nitrogen and oxygen atoms in total. The normalized spacial score (nSPS) is 24.1. The molecule has 8 heteroatoms. The van der Waals surface area contributed by atoms with E-state index in [9.17, 15) is 15.0 Å². The molecule has 1 saturated heterocycles. The Morgan fingerprint density at radius 2 is 1.79 bits per heavy atom. The van der Waals surface area contributed by atoms with Gasteiger partial charge in [-0.25, -0.2) is 15.0 Å². The molecule has 1 fully saturated rings. The second-order valence-corrected chi connectivity index (χ2v) is 13.5. The van der Waals surface area contributed by atoms with Gasteiger partial charge in [0.05, 0.1) is 40.3 Å². The van der Waals surface area contributed by atoms with Crippen LogP contribution in [0, 0.1) is 11.8 Å². The number of allylic oxidation sites excluding steroid dienone is 11. The van der Waals surface area contributed by atoms with Crippen molar-refractivity contribution in [2.24, 2.45) is 26.8 Å². The number of aliphatic hydroxyl groups excluding tert-OH is 1. The van der Waals surface area contributed by atoms with Crippen molar-refractivity contribution in [2.45, 2.75) is 106 Å². The highest BCUT2D eigenvalue weighted by molar-refractivity contribution is 6.21. The highest BCUT2D eigenvalue weighted by Crippen LogP contribution is 2.46. The number of aliphatic hydroxyl groups is 1. The van der Waals surface area contributed by atoms with Gasteiger partial charge in [-0.3, -0.25) is 4.79 Å². The van der Waals surface area contributed by atoms with Crippen molar-refractivity contribution in [3.05, 3.63) is 91.5 Å². The van der Waals surface area contributed by atoms with Crippen LogP contribution in [0.25, 0.3) is 0 Å². The van der Waals surface area contributed by atoms with Gasteiger partial charge in [-0.05, 0) is 87.5 Å². The Morgan fingerprint density at radius 3 is 2.51 bits per heavy atom. The van der Waals surface area contributed by atoms with Gasteiger partial charge in [0.2, 0.25) is 0 Å². The van der Waals surface area contributed by atoms with Crippen LogP contribution in [0.3, 0.4) is 0 Å². The fourth-order valence-corrected chi connectivity index (χ4v) is 7.79. The molecule has 1 unspecified atom stereocenters. The number of aliphatic carboxylic acids is 1. The average Bonchev–Trinajstić information content (AvgIpc) is 3.78. The molecule has 6 rings (SSSR count). The van der Waals surface area contributed by atoms with Crippen molar-refractivity contribution in [1.82, 2.24) is 5.32 Å². The predicted octanol–water partition coefficient (Wildman–Crippen LogP) is 8.51. The van der Waals surface area contributed by atoms with E-state index >= 15 is 0 Å². The van der Waals surface area contributed by atoms with Crippen LogP contribution < -0.4 is 5.32 Å². The van der Waals surface area contributed by atoms with Gasteiger partial charge in [0.25, 0.3) is 0 Å². The Balaban J connectivity index is 1.52. The first-order valence-electron chi connectivity index (χ1n) is 17.3. The minimum absolute atomic E-state index is 0.0215. The summed E-state index contributed by atoms with van der Waals surface area (Å²) < 4.78 is 6.42. The zero-order valence-corrected chi connectivity index (χ0v) is 28.9. The van der Waals surface area contributed by atoms with Crippen LogP contribution in [0.1, 0.15) is 99.8 Å². The summed E-state index contributed by atoms with van der Waals surface area (Å²) in [6.45, 7) is 15.6. The lowest BCUT2D eigenvalue weighted by molar-refractivity contribution is -0.137. The first-order chi connectivity index (χ1) is 22.5. The standard InChI is InChI=1S/C39H48N4O4/c1-8-10-11-12-15-47-24(7)36-22(5)30-17-29-21(4)26(13-14-35(45)46)38(42-29)27-16-34(44)37-23(6)31(43-39(27)37)18-32-25(9-2)20(3)28(40-32)19-33(36)41-30/h17-19,21,24,26,42,44H,8-16H2,1-7H3,(H,45,46)/t21-,24?,26-/m0/s1/i15+2. The summed E-state index contributed by atoms with van der Waals surface area (Å²) in [5.74, 6) is -0.553. The summed E-state index contributed by atoms with van der Waals surface area (Å²) in [6, 6.07) is 0. The minimum Gasteiger partial charge on any atom is -0.511 e. The number of ether oxygens (including phenoxy) is 1. The molecule has 47 heavy (non-hydrogen) atoms. The van der Waals surface area contributed by atoms with E-state index in [2.05, 4.69) is 59.0 Å². The summed E-state index contributed by atoms with van der Waals surface area (Å²) >= 11 is 0. The van der Waals surface area contributed by atoms with E-state index < -0.39 is 5.97 Å². The molecule has 5 heterocycles. The second-order valence-electron chi connectivity index (χ2n) is 13.5. The highest BCUT2D eigenvalue weighted by Gasteiger charge is 2.41. The molecule has 0 aromatic heterocycles. The van der Waals surface area contributed by atoms with Gasteiger partial charge in [-0.2, -0.15) is 0 Å². The average molecular weight is 639 g/mol. The molecule has 0 amide bonds. The molecule has 0 radical (unpaired) electrons. The van der Waals surface area contributed by atoms with Crippen molar-refractivity contribution in [2.75, 3.05) is 6.61 Å². The van der Waals surface area contributed by atoms with Crippen molar-refractivity contribution >= 4 is 23.1 Å².